The Labute approximate surface area is 166 Å². The van der Waals surface area contributed by atoms with Gasteiger partial charge < -0.3 is 10.2 Å². The fraction of sp³-hybridized carbons (Fsp3) is 0.409. The molecule has 2 aliphatic rings. The summed E-state index contributed by atoms with van der Waals surface area (Å²) in [5, 5.41) is 5.30. The van der Waals surface area contributed by atoms with Crippen molar-refractivity contribution in [3.63, 3.8) is 0 Å². The molecule has 4 rings (SSSR count). The molecule has 2 heterocycles. The Bertz CT molecular complexity index is 808. The Morgan fingerprint density at radius 2 is 2.07 bits per heavy atom. The summed E-state index contributed by atoms with van der Waals surface area (Å²) in [7, 11) is 0. The molecule has 2 aliphatic heterocycles. The Hall–Kier alpha value is -2.04. The predicted octanol–water partition coefficient (Wildman–Crippen LogP) is 4.65. The summed E-state index contributed by atoms with van der Waals surface area (Å²) in [5.74, 6) is 1.15. The minimum Gasteiger partial charge on any atom is -0.492 e. The second kappa shape index (κ2) is 8.32. The number of halogens is 1. The molecular weight excluding hydrogens is 358 g/mol. The van der Waals surface area contributed by atoms with Crippen molar-refractivity contribution in [1.82, 2.24) is 10.3 Å². The van der Waals surface area contributed by atoms with Gasteiger partial charge in [-0.1, -0.05) is 54.9 Å². The predicted molar refractivity (Wildman–Crippen MR) is 110 cm³/mol. The van der Waals surface area contributed by atoms with E-state index in [1.54, 1.807) is 0 Å². The van der Waals surface area contributed by atoms with Crippen LogP contribution in [0.15, 0.2) is 53.6 Å². The van der Waals surface area contributed by atoms with Crippen LogP contribution in [0.1, 0.15) is 36.9 Å². The standard InChI is InChI=1S/C22H26ClN3O/c1-2-12-27-21-9-8-17(13-19(21)23)22-18-15-26(11-10-20(18)24-25-22)14-16-6-4-3-5-7-16/h3-9,13,18,22,25H,2,10-12,14-15H2,1H3. The van der Waals surface area contributed by atoms with Gasteiger partial charge in [-0.05, 0) is 29.7 Å². The van der Waals surface area contributed by atoms with E-state index < -0.39 is 0 Å². The average molecular weight is 384 g/mol. The molecule has 0 amide bonds. The molecule has 0 bridgehead atoms. The number of piperidine rings is 1. The minimum absolute atomic E-state index is 0.177. The van der Waals surface area contributed by atoms with Gasteiger partial charge in [-0.15, -0.1) is 0 Å². The number of ether oxygens (including phenoxy) is 1. The molecule has 1 saturated heterocycles. The number of rotatable bonds is 6. The van der Waals surface area contributed by atoms with Crippen LogP contribution in [0.4, 0.5) is 0 Å². The monoisotopic (exact) mass is 383 g/mol. The number of benzene rings is 2. The van der Waals surface area contributed by atoms with Crippen molar-refractivity contribution in [2.45, 2.75) is 32.4 Å². The SMILES string of the molecule is CCCOc1ccc(C2NN=C3CCN(Cc4ccccc4)CC32)cc1Cl. The molecular formula is C22H26ClN3O. The third-order valence-electron chi connectivity index (χ3n) is 5.34. The lowest BCUT2D eigenvalue weighted by Crippen LogP contribution is -2.41. The first-order chi connectivity index (χ1) is 13.2. The van der Waals surface area contributed by atoms with E-state index in [4.69, 9.17) is 16.3 Å². The van der Waals surface area contributed by atoms with Crippen molar-refractivity contribution in [2.24, 2.45) is 11.0 Å². The highest BCUT2D eigenvalue weighted by Crippen LogP contribution is 2.36. The maximum atomic E-state index is 6.45. The van der Waals surface area contributed by atoms with Crippen LogP contribution in [0.2, 0.25) is 5.02 Å². The zero-order valence-electron chi connectivity index (χ0n) is 15.7. The topological polar surface area (TPSA) is 36.9 Å². The zero-order valence-corrected chi connectivity index (χ0v) is 16.5. The normalized spacial score (nSPS) is 22.1. The van der Waals surface area contributed by atoms with Gasteiger partial charge >= 0.3 is 0 Å². The first-order valence-corrected chi connectivity index (χ1v) is 10.1. The van der Waals surface area contributed by atoms with Gasteiger partial charge in [0.05, 0.1) is 17.7 Å². The van der Waals surface area contributed by atoms with Crippen molar-refractivity contribution >= 4 is 17.3 Å². The van der Waals surface area contributed by atoms with Gasteiger partial charge in [-0.25, -0.2) is 0 Å². The summed E-state index contributed by atoms with van der Waals surface area (Å²) in [6.45, 7) is 5.83. The third-order valence-corrected chi connectivity index (χ3v) is 5.64. The summed E-state index contributed by atoms with van der Waals surface area (Å²) in [5.41, 5.74) is 7.17. The Morgan fingerprint density at radius 3 is 2.85 bits per heavy atom. The van der Waals surface area contributed by atoms with E-state index in [0.717, 1.165) is 38.2 Å². The molecule has 0 aliphatic carbocycles. The fourth-order valence-corrected chi connectivity index (χ4v) is 4.19. The summed E-state index contributed by atoms with van der Waals surface area (Å²) in [6, 6.07) is 17.0. The van der Waals surface area contributed by atoms with Crippen LogP contribution in [-0.4, -0.2) is 30.3 Å². The average Bonchev–Trinajstić information content (AvgIpc) is 3.11. The number of nitrogens with one attached hydrogen (secondary N) is 1. The van der Waals surface area contributed by atoms with Gasteiger partial charge in [-0.3, -0.25) is 4.90 Å². The quantitative estimate of drug-likeness (QED) is 0.788. The van der Waals surface area contributed by atoms with Crippen molar-refractivity contribution in [1.29, 1.82) is 0 Å². The number of hydrazone groups is 1. The van der Waals surface area contributed by atoms with Crippen molar-refractivity contribution < 1.29 is 4.74 Å². The summed E-state index contributed by atoms with van der Waals surface area (Å²) < 4.78 is 5.70. The van der Waals surface area contributed by atoms with E-state index in [9.17, 15) is 0 Å². The first-order valence-electron chi connectivity index (χ1n) is 9.75. The van der Waals surface area contributed by atoms with Gasteiger partial charge in [0.2, 0.25) is 0 Å². The van der Waals surface area contributed by atoms with E-state index in [2.05, 4.69) is 58.7 Å². The lowest BCUT2D eigenvalue weighted by atomic mass is 9.86. The van der Waals surface area contributed by atoms with Crippen molar-refractivity contribution in [2.75, 3.05) is 19.7 Å². The molecule has 2 aromatic rings. The smallest absolute Gasteiger partial charge is 0.137 e. The molecule has 2 unspecified atom stereocenters. The molecule has 0 radical (unpaired) electrons. The highest BCUT2D eigenvalue weighted by Gasteiger charge is 2.37. The van der Waals surface area contributed by atoms with E-state index in [1.165, 1.54) is 16.8 Å². The number of hydrogen-bond donors (Lipinski definition) is 1. The summed E-state index contributed by atoms with van der Waals surface area (Å²) >= 11 is 6.45. The van der Waals surface area contributed by atoms with Gasteiger partial charge in [0.25, 0.3) is 0 Å². The lowest BCUT2D eigenvalue weighted by Gasteiger charge is -2.33. The number of fused-ring (bicyclic) bond motifs is 1. The highest BCUT2D eigenvalue weighted by molar-refractivity contribution is 6.32. The molecule has 0 saturated carbocycles. The maximum absolute atomic E-state index is 6.45. The summed E-state index contributed by atoms with van der Waals surface area (Å²) in [4.78, 5) is 2.53. The molecule has 4 nitrogen and oxygen atoms in total. The molecule has 0 aromatic heterocycles. The van der Waals surface area contributed by atoms with E-state index in [0.29, 0.717) is 17.5 Å². The summed E-state index contributed by atoms with van der Waals surface area (Å²) in [6.07, 6.45) is 1.99. The van der Waals surface area contributed by atoms with Crippen LogP contribution in [0.5, 0.6) is 5.75 Å². The number of likely N-dealkylation sites (tertiary alicyclic amines) is 1. The van der Waals surface area contributed by atoms with Gasteiger partial charge in [0, 0.05) is 37.7 Å². The van der Waals surface area contributed by atoms with Crippen molar-refractivity contribution in [3.05, 3.63) is 64.7 Å². The van der Waals surface area contributed by atoms with Crippen LogP contribution in [0.3, 0.4) is 0 Å². The molecule has 5 heteroatoms. The Kier molecular flexibility index (Phi) is 5.65. The van der Waals surface area contributed by atoms with Gasteiger partial charge in [0.15, 0.2) is 0 Å². The van der Waals surface area contributed by atoms with Crippen LogP contribution in [0.25, 0.3) is 0 Å². The van der Waals surface area contributed by atoms with Crippen LogP contribution >= 0.6 is 11.6 Å². The zero-order chi connectivity index (χ0) is 18.6. The second-order valence-electron chi connectivity index (χ2n) is 7.33. The maximum Gasteiger partial charge on any atom is 0.137 e. The van der Waals surface area contributed by atoms with Crippen LogP contribution in [0, 0.1) is 5.92 Å². The minimum atomic E-state index is 0.177. The molecule has 27 heavy (non-hydrogen) atoms. The third kappa shape index (κ3) is 4.12. The first kappa shape index (κ1) is 18.3. The molecule has 1 fully saturated rings. The molecule has 1 N–H and O–H groups in total. The number of hydrogen-bond acceptors (Lipinski definition) is 4. The van der Waals surface area contributed by atoms with Crippen LogP contribution < -0.4 is 10.2 Å². The highest BCUT2D eigenvalue weighted by atomic mass is 35.5. The molecule has 142 valence electrons. The Morgan fingerprint density at radius 1 is 1.22 bits per heavy atom. The van der Waals surface area contributed by atoms with Crippen LogP contribution in [-0.2, 0) is 6.54 Å². The van der Waals surface area contributed by atoms with E-state index >= 15 is 0 Å². The van der Waals surface area contributed by atoms with Crippen molar-refractivity contribution in [3.8, 4) is 5.75 Å². The van der Waals surface area contributed by atoms with Gasteiger partial charge in [0.1, 0.15) is 5.75 Å². The Balaban J connectivity index is 1.46. The second-order valence-corrected chi connectivity index (χ2v) is 7.73. The van der Waals surface area contributed by atoms with E-state index in [-0.39, 0.29) is 6.04 Å². The largest absolute Gasteiger partial charge is 0.492 e. The lowest BCUT2D eigenvalue weighted by molar-refractivity contribution is 0.220. The molecule has 2 aromatic carbocycles. The fourth-order valence-electron chi connectivity index (χ4n) is 3.94. The van der Waals surface area contributed by atoms with Gasteiger partial charge in [-0.2, -0.15) is 5.10 Å². The molecule has 0 spiro atoms. The molecule has 2 atom stereocenters. The number of nitrogens with zero attached hydrogens (tertiary/aromatic N) is 2. The van der Waals surface area contributed by atoms with E-state index in [1.807, 2.05) is 12.1 Å².